The van der Waals surface area contributed by atoms with E-state index in [4.69, 9.17) is 4.74 Å². The number of carbonyl (C=O) groups excluding carboxylic acids is 2. The Morgan fingerprint density at radius 3 is 2.66 bits per heavy atom. The monoisotopic (exact) mass is 396 g/mol. The van der Waals surface area contributed by atoms with Crippen molar-refractivity contribution in [1.82, 2.24) is 20.3 Å². The van der Waals surface area contributed by atoms with E-state index in [1.54, 1.807) is 17.8 Å². The first-order valence-electron chi connectivity index (χ1n) is 10.2. The lowest BCUT2D eigenvalue weighted by molar-refractivity contribution is -0.150. The van der Waals surface area contributed by atoms with E-state index in [2.05, 4.69) is 15.6 Å². The second-order valence-corrected chi connectivity index (χ2v) is 7.44. The second kappa shape index (κ2) is 10.5. The number of amides is 1. The molecule has 1 aliphatic carbocycles. The van der Waals surface area contributed by atoms with Crippen LogP contribution in [0.1, 0.15) is 56.7 Å². The minimum absolute atomic E-state index is 0.182. The Morgan fingerprint density at radius 2 is 1.93 bits per heavy atom. The summed E-state index contributed by atoms with van der Waals surface area (Å²) < 4.78 is 6.91. The number of ether oxygens (including phenoxy) is 1. The van der Waals surface area contributed by atoms with Crippen LogP contribution >= 0.6 is 0 Å². The van der Waals surface area contributed by atoms with Crippen molar-refractivity contribution in [1.29, 1.82) is 0 Å². The van der Waals surface area contributed by atoms with Crippen molar-refractivity contribution in [2.45, 2.75) is 64.1 Å². The summed E-state index contributed by atoms with van der Waals surface area (Å²) in [5, 5.41) is 11.1. The SMILES string of the molecule is C[C@H](OC(=O)/C=C/c1cn(Cc2ccccc2)nn1)C(=O)NC1CCCCCC1. The molecule has 1 saturated carbocycles. The topological polar surface area (TPSA) is 86.1 Å². The standard InChI is InChI=1S/C22H28N4O3/c1-17(22(28)23-19-11-7-2-3-8-12-19)29-21(27)14-13-20-16-26(25-24-20)15-18-9-5-4-6-10-18/h4-6,9-10,13-14,16-17,19H,2-3,7-8,11-12,15H2,1H3,(H,23,28)/b14-13+/t17-/m0/s1. The van der Waals surface area contributed by atoms with E-state index < -0.39 is 12.1 Å². The zero-order chi connectivity index (χ0) is 20.5. The van der Waals surface area contributed by atoms with Crippen LogP contribution in [0.2, 0.25) is 0 Å². The third-order valence-electron chi connectivity index (χ3n) is 5.00. The van der Waals surface area contributed by atoms with Crippen molar-refractivity contribution >= 4 is 18.0 Å². The first-order valence-corrected chi connectivity index (χ1v) is 10.2. The minimum atomic E-state index is -0.829. The number of hydrogen-bond acceptors (Lipinski definition) is 5. The fourth-order valence-corrected chi connectivity index (χ4v) is 3.40. The Morgan fingerprint density at radius 1 is 1.21 bits per heavy atom. The fraction of sp³-hybridized carbons (Fsp3) is 0.455. The summed E-state index contributed by atoms with van der Waals surface area (Å²) in [5.74, 6) is -0.821. The Labute approximate surface area is 171 Å². The molecule has 1 amide bonds. The maximum absolute atomic E-state index is 12.3. The fourth-order valence-electron chi connectivity index (χ4n) is 3.40. The van der Waals surface area contributed by atoms with Gasteiger partial charge in [-0.25, -0.2) is 9.48 Å². The first kappa shape index (κ1) is 20.8. The molecule has 1 fully saturated rings. The molecule has 1 N–H and O–H groups in total. The van der Waals surface area contributed by atoms with Crippen molar-refractivity contribution in [2.75, 3.05) is 0 Å². The summed E-state index contributed by atoms with van der Waals surface area (Å²) in [7, 11) is 0. The van der Waals surface area contributed by atoms with Crippen LogP contribution in [0, 0.1) is 0 Å². The smallest absolute Gasteiger partial charge is 0.331 e. The van der Waals surface area contributed by atoms with Crippen LogP contribution < -0.4 is 5.32 Å². The van der Waals surface area contributed by atoms with E-state index in [0.29, 0.717) is 12.2 Å². The van der Waals surface area contributed by atoms with Crippen molar-refractivity contribution < 1.29 is 14.3 Å². The van der Waals surface area contributed by atoms with Crippen LogP contribution in [0.5, 0.6) is 0 Å². The van der Waals surface area contributed by atoms with Crippen LogP contribution in [-0.4, -0.2) is 39.0 Å². The predicted molar refractivity (Wildman–Crippen MR) is 110 cm³/mol. The van der Waals surface area contributed by atoms with Crippen LogP contribution in [0.3, 0.4) is 0 Å². The third kappa shape index (κ3) is 6.85. The van der Waals surface area contributed by atoms with E-state index in [-0.39, 0.29) is 11.9 Å². The van der Waals surface area contributed by atoms with Gasteiger partial charge in [0, 0.05) is 12.1 Å². The van der Waals surface area contributed by atoms with Gasteiger partial charge in [0.2, 0.25) is 0 Å². The van der Waals surface area contributed by atoms with Crippen molar-refractivity contribution in [3.05, 3.63) is 53.9 Å². The van der Waals surface area contributed by atoms with Crippen LogP contribution in [0.4, 0.5) is 0 Å². The lowest BCUT2D eigenvalue weighted by atomic mass is 10.1. The molecule has 0 unspecified atom stereocenters. The Kier molecular flexibility index (Phi) is 7.55. The average Bonchev–Trinajstić information content (AvgIpc) is 3.00. The van der Waals surface area contributed by atoms with Gasteiger partial charge >= 0.3 is 5.97 Å². The first-order chi connectivity index (χ1) is 14.1. The molecule has 2 aromatic rings. The van der Waals surface area contributed by atoms with Crippen molar-refractivity contribution in [3.63, 3.8) is 0 Å². The molecule has 1 atom stereocenters. The summed E-state index contributed by atoms with van der Waals surface area (Å²) in [5.41, 5.74) is 1.66. The molecule has 0 saturated heterocycles. The quantitative estimate of drug-likeness (QED) is 0.441. The molecule has 1 heterocycles. The largest absolute Gasteiger partial charge is 0.449 e. The molecule has 7 nitrogen and oxygen atoms in total. The Hall–Kier alpha value is -2.96. The zero-order valence-corrected chi connectivity index (χ0v) is 16.8. The van der Waals surface area contributed by atoms with Gasteiger partial charge in [0.25, 0.3) is 5.91 Å². The summed E-state index contributed by atoms with van der Waals surface area (Å²) >= 11 is 0. The number of esters is 1. The van der Waals surface area contributed by atoms with Crippen molar-refractivity contribution in [2.24, 2.45) is 0 Å². The Balaban J connectivity index is 1.45. The van der Waals surface area contributed by atoms with E-state index in [1.165, 1.54) is 25.0 Å². The summed E-state index contributed by atoms with van der Waals surface area (Å²) in [6.07, 6.45) is 10.4. The summed E-state index contributed by atoms with van der Waals surface area (Å²) in [4.78, 5) is 24.3. The lowest BCUT2D eigenvalue weighted by Gasteiger charge is -2.19. The maximum Gasteiger partial charge on any atom is 0.331 e. The number of nitrogens with zero attached hydrogens (tertiary/aromatic N) is 3. The normalized spacial score (nSPS) is 16.3. The van der Waals surface area contributed by atoms with Crippen LogP contribution in [0.15, 0.2) is 42.6 Å². The summed E-state index contributed by atoms with van der Waals surface area (Å²) in [6, 6.07) is 10.1. The molecule has 7 heteroatoms. The molecule has 29 heavy (non-hydrogen) atoms. The van der Waals surface area contributed by atoms with Crippen LogP contribution in [-0.2, 0) is 20.9 Å². The van der Waals surface area contributed by atoms with Gasteiger partial charge in [-0.1, -0.05) is 61.2 Å². The average molecular weight is 396 g/mol. The molecule has 154 valence electrons. The molecule has 1 aliphatic rings. The molecule has 0 radical (unpaired) electrons. The number of aromatic nitrogens is 3. The molecule has 3 rings (SSSR count). The van der Waals surface area contributed by atoms with E-state index in [0.717, 1.165) is 31.2 Å². The van der Waals surface area contributed by atoms with Gasteiger partial charge in [0.1, 0.15) is 5.69 Å². The highest BCUT2D eigenvalue weighted by atomic mass is 16.5. The highest BCUT2D eigenvalue weighted by Gasteiger charge is 2.21. The predicted octanol–water partition coefficient (Wildman–Crippen LogP) is 3.11. The second-order valence-electron chi connectivity index (χ2n) is 7.44. The van der Waals surface area contributed by atoms with E-state index in [9.17, 15) is 9.59 Å². The Bertz CT molecular complexity index is 824. The lowest BCUT2D eigenvalue weighted by Crippen LogP contribution is -2.41. The van der Waals surface area contributed by atoms with Gasteiger partial charge in [-0.05, 0) is 31.4 Å². The van der Waals surface area contributed by atoms with E-state index >= 15 is 0 Å². The molecular weight excluding hydrogens is 368 g/mol. The van der Waals surface area contributed by atoms with Crippen LogP contribution in [0.25, 0.3) is 6.08 Å². The van der Waals surface area contributed by atoms with Crippen molar-refractivity contribution in [3.8, 4) is 0 Å². The highest BCUT2D eigenvalue weighted by Crippen LogP contribution is 2.17. The third-order valence-corrected chi connectivity index (χ3v) is 5.00. The number of rotatable bonds is 7. The number of benzene rings is 1. The van der Waals surface area contributed by atoms with Gasteiger partial charge in [-0.2, -0.15) is 0 Å². The highest BCUT2D eigenvalue weighted by molar-refractivity contribution is 5.90. The summed E-state index contributed by atoms with van der Waals surface area (Å²) in [6.45, 7) is 2.19. The molecule has 1 aromatic carbocycles. The number of carbonyl (C=O) groups is 2. The molecule has 1 aromatic heterocycles. The zero-order valence-electron chi connectivity index (χ0n) is 16.8. The number of hydrogen-bond donors (Lipinski definition) is 1. The van der Waals surface area contributed by atoms with Gasteiger partial charge in [-0.15, -0.1) is 5.10 Å². The molecule has 0 aliphatic heterocycles. The van der Waals surface area contributed by atoms with Gasteiger partial charge in [-0.3, -0.25) is 4.79 Å². The van der Waals surface area contributed by atoms with E-state index in [1.807, 2.05) is 30.3 Å². The molecule has 0 spiro atoms. The maximum atomic E-state index is 12.3. The van der Waals surface area contributed by atoms with Gasteiger partial charge in [0.05, 0.1) is 12.7 Å². The molecule has 0 bridgehead atoms. The number of nitrogens with one attached hydrogen (secondary N) is 1. The minimum Gasteiger partial charge on any atom is -0.449 e. The molecular formula is C22H28N4O3. The van der Waals surface area contributed by atoms with Gasteiger partial charge in [0.15, 0.2) is 6.10 Å². The van der Waals surface area contributed by atoms with Gasteiger partial charge < -0.3 is 10.1 Å².